The molecule has 1 aliphatic rings. The number of aromatic nitrogens is 2. The summed E-state index contributed by atoms with van der Waals surface area (Å²) in [6.07, 6.45) is 3.57. The van der Waals surface area contributed by atoms with E-state index in [0.717, 1.165) is 34.4 Å². The van der Waals surface area contributed by atoms with Crippen LogP contribution in [0.4, 0.5) is 5.13 Å². The molecular weight excluding hydrogens is 308 g/mol. The molecule has 5 nitrogen and oxygen atoms in total. The van der Waals surface area contributed by atoms with Crippen LogP contribution < -0.4 is 5.32 Å². The molecule has 1 aliphatic heterocycles. The van der Waals surface area contributed by atoms with Gasteiger partial charge in [-0.25, -0.2) is 4.98 Å². The third kappa shape index (κ3) is 2.83. The highest BCUT2D eigenvalue weighted by atomic mass is 32.1. The maximum absolute atomic E-state index is 12.1. The van der Waals surface area contributed by atoms with Crippen molar-refractivity contribution in [3.05, 3.63) is 42.7 Å². The number of nitrogens with one attached hydrogen (secondary N) is 1. The molecule has 3 heterocycles. The van der Waals surface area contributed by atoms with Crippen molar-refractivity contribution >= 4 is 32.6 Å². The minimum absolute atomic E-state index is 0.0662. The number of amides is 1. The van der Waals surface area contributed by atoms with E-state index in [9.17, 15) is 4.79 Å². The molecule has 1 saturated heterocycles. The molecule has 6 heteroatoms. The van der Waals surface area contributed by atoms with Gasteiger partial charge in [-0.05, 0) is 42.4 Å². The monoisotopic (exact) mass is 324 g/mol. The van der Waals surface area contributed by atoms with Gasteiger partial charge in [-0.2, -0.15) is 0 Å². The van der Waals surface area contributed by atoms with Gasteiger partial charge >= 0.3 is 0 Å². The van der Waals surface area contributed by atoms with Crippen molar-refractivity contribution in [2.75, 3.05) is 25.5 Å². The first-order chi connectivity index (χ1) is 11.2. The van der Waals surface area contributed by atoms with Gasteiger partial charge in [-0.3, -0.25) is 9.78 Å². The van der Waals surface area contributed by atoms with E-state index in [4.69, 9.17) is 0 Å². The second-order valence-electron chi connectivity index (χ2n) is 5.84. The van der Waals surface area contributed by atoms with E-state index >= 15 is 0 Å². The molecule has 0 aliphatic carbocycles. The summed E-state index contributed by atoms with van der Waals surface area (Å²) in [6.45, 7) is 1.64. The van der Waals surface area contributed by atoms with Crippen molar-refractivity contribution in [1.29, 1.82) is 0 Å². The Hall–Kier alpha value is -2.31. The highest BCUT2D eigenvalue weighted by Crippen LogP contribution is 2.30. The molecule has 0 saturated carbocycles. The molecule has 1 aromatic carbocycles. The number of fused-ring (bicyclic) bond motifs is 1. The fraction of sp³-hybridized carbons (Fsp3) is 0.235. The number of carbonyl (C=O) groups is 1. The van der Waals surface area contributed by atoms with Gasteiger partial charge in [-0.1, -0.05) is 17.4 Å². The first-order valence-electron chi connectivity index (χ1n) is 7.49. The number of benzene rings is 1. The summed E-state index contributed by atoms with van der Waals surface area (Å²) in [5.74, 6) is 0.149. The van der Waals surface area contributed by atoms with E-state index in [-0.39, 0.29) is 11.8 Å². The molecule has 0 radical (unpaired) electrons. The number of carbonyl (C=O) groups excluding carboxylic acids is 1. The average molecular weight is 324 g/mol. The van der Waals surface area contributed by atoms with Crippen molar-refractivity contribution in [3.8, 4) is 11.1 Å². The van der Waals surface area contributed by atoms with E-state index in [2.05, 4.69) is 26.3 Å². The lowest BCUT2D eigenvalue weighted by Crippen LogP contribution is -2.49. The molecule has 2 aromatic heterocycles. The highest BCUT2D eigenvalue weighted by Gasteiger charge is 2.30. The quantitative estimate of drug-likeness (QED) is 0.805. The Morgan fingerprint density at radius 3 is 2.74 bits per heavy atom. The Morgan fingerprint density at radius 2 is 2.00 bits per heavy atom. The minimum Gasteiger partial charge on any atom is -0.305 e. The second-order valence-corrected chi connectivity index (χ2v) is 6.88. The molecule has 0 unspecified atom stereocenters. The summed E-state index contributed by atoms with van der Waals surface area (Å²) in [5, 5.41) is 3.62. The smallest absolute Gasteiger partial charge is 0.231 e. The third-order valence-corrected chi connectivity index (χ3v) is 5.00. The van der Waals surface area contributed by atoms with Crippen molar-refractivity contribution in [2.24, 2.45) is 5.92 Å². The van der Waals surface area contributed by atoms with Gasteiger partial charge in [0.2, 0.25) is 5.91 Å². The topological polar surface area (TPSA) is 58.1 Å². The molecule has 0 atom stereocenters. The number of anilines is 1. The normalized spacial score (nSPS) is 15.5. The van der Waals surface area contributed by atoms with Gasteiger partial charge in [0.05, 0.1) is 16.1 Å². The summed E-state index contributed by atoms with van der Waals surface area (Å²) < 4.78 is 1.07. The van der Waals surface area contributed by atoms with Gasteiger partial charge in [0.1, 0.15) is 0 Å². The fourth-order valence-electron chi connectivity index (χ4n) is 2.77. The van der Waals surface area contributed by atoms with Crippen molar-refractivity contribution in [3.63, 3.8) is 0 Å². The third-order valence-electron chi connectivity index (χ3n) is 4.07. The first kappa shape index (κ1) is 14.3. The Bertz CT molecular complexity index is 855. The van der Waals surface area contributed by atoms with Crippen molar-refractivity contribution < 1.29 is 4.79 Å². The molecule has 4 rings (SSSR count). The van der Waals surface area contributed by atoms with Gasteiger partial charge in [0.25, 0.3) is 0 Å². The zero-order chi connectivity index (χ0) is 15.8. The lowest BCUT2D eigenvalue weighted by molar-refractivity contribution is -0.124. The molecule has 1 amide bonds. The second kappa shape index (κ2) is 5.72. The predicted molar refractivity (Wildman–Crippen MR) is 92.5 cm³/mol. The van der Waals surface area contributed by atoms with E-state index in [1.807, 2.05) is 31.3 Å². The Balaban J connectivity index is 1.57. The SMILES string of the molecule is CN1CC(C(=O)Nc2nc3ccc(-c4ccncc4)cc3s2)C1. The Labute approximate surface area is 138 Å². The van der Waals surface area contributed by atoms with Crippen molar-refractivity contribution in [1.82, 2.24) is 14.9 Å². The summed E-state index contributed by atoms with van der Waals surface area (Å²) >= 11 is 1.51. The molecule has 3 aromatic rings. The van der Waals surface area contributed by atoms with Crippen LogP contribution >= 0.6 is 11.3 Å². The molecular formula is C17H16N4OS. The van der Waals surface area contributed by atoms with Crippen LogP contribution in [0.2, 0.25) is 0 Å². The van der Waals surface area contributed by atoms with E-state index < -0.39 is 0 Å². The van der Waals surface area contributed by atoms with E-state index in [1.54, 1.807) is 12.4 Å². The Morgan fingerprint density at radius 1 is 1.22 bits per heavy atom. The number of pyridine rings is 1. The molecule has 116 valence electrons. The summed E-state index contributed by atoms with van der Waals surface area (Å²) in [4.78, 5) is 22.8. The number of hydrogen-bond acceptors (Lipinski definition) is 5. The molecule has 23 heavy (non-hydrogen) atoms. The Kier molecular flexibility index (Phi) is 3.55. The first-order valence-corrected chi connectivity index (χ1v) is 8.31. The van der Waals surface area contributed by atoms with Gasteiger partial charge in [-0.15, -0.1) is 0 Å². The fourth-order valence-corrected chi connectivity index (χ4v) is 3.68. The standard InChI is InChI=1S/C17H16N4OS/c1-21-9-13(10-21)16(22)20-17-19-14-3-2-12(8-15(14)23-17)11-4-6-18-7-5-11/h2-8,13H,9-10H2,1H3,(H,19,20,22). The molecule has 0 bridgehead atoms. The average Bonchev–Trinajstić information content (AvgIpc) is 2.93. The van der Waals surface area contributed by atoms with Gasteiger partial charge in [0, 0.05) is 25.5 Å². The zero-order valence-electron chi connectivity index (χ0n) is 12.7. The number of nitrogens with zero attached hydrogens (tertiary/aromatic N) is 3. The zero-order valence-corrected chi connectivity index (χ0v) is 13.5. The predicted octanol–water partition coefficient (Wildman–Crippen LogP) is 2.86. The lowest BCUT2D eigenvalue weighted by atomic mass is 10.0. The van der Waals surface area contributed by atoms with Crippen molar-refractivity contribution in [2.45, 2.75) is 0 Å². The summed E-state index contributed by atoms with van der Waals surface area (Å²) in [7, 11) is 2.02. The van der Waals surface area contributed by atoms with Crippen LogP contribution in [0.1, 0.15) is 0 Å². The summed E-state index contributed by atoms with van der Waals surface area (Å²) in [5.41, 5.74) is 3.16. The van der Waals surface area contributed by atoms with Crippen LogP contribution in [0, 0.1) is 5.92 Å². The maximum Gasteiger partial charge on any atom is 0.231 e. The van der Waals surface area contributed by atoms with E-state index in [0.29, 0.717) is 5.13 Å². The number of rotatable bonds is 3. The van der Waals surface area contributed by atoms with Crippen LogP contribution in [0.15, 0.2) is 42.7 Å². The van der Waals surface area contributed by atoms with Crippen LogP contribution in [0.5, 0.6) is 0 Å². The van der Waals surface area contributed by atoms with Gasteiger partial charge in [0.15, 0.2) is 5.13 Å². The highest BCUT2D eigenvalue weighted by molar-refractivity contribution is 7.22. The minimum atomic E-state index is 0.0662. The van der Waals surface area contributed by atoms with Gasteiger partial charge < -0.3 is 10.2 Å². The molecule has 0 spiro atoms. The van der Waals surface area contributed by atoms with Crippen LogP contribution in [0.3, 0.4) is 0 Å². The maximum atomic E-state index is 12.1. The van der Waals surface area contributed by atoms with Crippen LogP contribution in [-0.2, 0) is 4.79 Å². The van der Waals surface area contributed by atoms with Crippen LogP contribution in [0.25, 0.3) is 21.3 Å². The molecule has 1 N–H and O–H groups in total. The number of likely N-dealkylation sites (tertiary alicyclic amines) is 1. The molecule has 1 fully saturated rings. The van der Waals surface area contributed by atoms with Crippen LogP contribution in [-0.4, -0.2) is 40.9 Å². The largest absolute Gasteiger partial charge is 0.305 e. The lowest BCUT2D eigenvalue weighted by Gasteiger charge is -2.34. The number of hydrogen-bond donors (Lipinski definition) is 1. The summed E-state index contributed by atoms with van der Waals surface area (Å²) in [6, 6.07) is 10.1. The van der Waals surface area contributed by atoms with E-state index in [1.165, 1.54) is 11.3 Å². The number of thiazole rings is 1.